The van der Waals surface area contributed by atoms with Gasteiger partial charge in [0, 0.05) is 25.0 Å². The lowest BCUT2D eigenvalue weighted by Gasteiger charge is -2.31. The molecule has 1 aliphatic heterocycles. The van der Waals surface area contributed by atoms with Crippen molar-refractivity contribution < 1.29 is 0 Å². The average Bonchev–Trinajstić information content (AvgIpc) is 2.89. The molecule has 20 heavy (non-hydrogen) atoms. The number of nitrogens with zero attached hydrogens (tertiary/aromatic N) is 3. The van der Waals surface area contributed by atoms with Crippen LogP contribution in [0, 0.1) is 5.92 Å². The Balaban J connectivity index is 1.77. The summed E-state index contributed by atoms with van der Waals surface area (Å²) in [6, 6.07) is 6.16. The number of hydrogen-bond acceptors (Lipinski definition) is 3. The van der Waals surface area contributed by atoms with Gasteiger partial charge in [-0.25, -0.2) is 4.98 Å². The molecule has 0 spiro atoms. The molecular formula is C16H24N4. The molecule has 1 aliphatic rings. The molecule has 0 saturated carbocycles. The Bertz CT molecular complexity index is 575. The highest BCUT2D eigenvalue weighted by molar-refractivity contribution is 5.41. The number of piperidine rings is 1. The van der Waals surface area contributed by atoms with E-state index in [-0.39, 0.29) is 0 Å². The van der Waals surface area contributed by atoms with Crippen molar-refractivity contribution in [3.05, 3.63) is 35.8 Å². The Morgan fingerprint density at radius 3 is 3.10 bits per heavy atom. The van der Waals surface area contributed by atoms with Crippen molar-refractivity contribution in [2.24, 2.45) is 11.7 Å². The fraction of sp³-hybridized carbons (Fsp3) is 0.562. The Hall–Kier alpha value is -1.39. The Labute approximate surface area is 120 Å². The average molecular weight is 272 g/mol. The number of pyridine rings is 1. The van der Waals surface area contributed by atoms with E-state index < -0.39 is 0 Å². The first kappa shape index (κ1) is 13.6. The second-order valence-corrected chi connectivity index (χ2v) is 5.79. The second-order valence-electron chi connectivity index (χ2n) is 5.79. The molecule has 4 heteroatoms. The second kappa shape index (κ2) is 5.94. The van der Waals surface area contributed by atoms with Gasteiger partial charge in [-0.1, -0.05) is 13.0 Å². The van der Waals surface area contributed by atoms with Gasteiger partial charge in [0.15, 0.2) is 0 Å². The highest BCUT2D eigenvalue weighted by Crippen LogP contribution is 2.21. The van der Waals surface area contributed by atoms with Crippen LogP contribution in [0.1, 0.15) is 31.2 Å². The van der Waals surface area contributed by atoms with Gasteiger partial charge in [-0.2, -0.15) is 0 Å². The van der Waals surface area contributed by atoms with E-state index in [4.69, 9.17) is 10.7 Å². The van der Waals surface area contributed by atoms with Crippen molar-refractivity contribution >= 4 is 5.65 Å². The number of imidazole rings is 1. The summed E-state index contributed by atoms with van der Waals surface area (Å²) in [5, 5.41) is 0. The number of fused-ring (bicyclic) bond motifs is 1. The van der Waals surface area contributed by atoms with E-state index in [1.54, 1.807) is 0 Å². The molecule has 0 amide bonds. The van der Waals surface area contributed by atoms with Crippen molar-refractivity contribution in [3.8, 4) is 0 Å². The van der Waals surface area contributed by atoms with E-state index in [0.29, 0.717) is 6.54 Å². The lowest BCUT2D eigenvalue weighted by Crippen LogP contribution is -2.35. The van der Waals surface area contributed by atoms with Crippen LogP contribution in [0.25, 0.3) is 5.65 Å². The van der Waals surface area contributed by atoms with Crippen LogP contribution in [0.5, 0.6) is 0 Å². The molecular weight excluding hydrogens is 248 g/mol. The highest BCUT2D eigenvalue weighted by atomic mass is 15.1. The predicted octanol–water partition coefficient (Wildman–Crippen LogP) is 2.07. The maximum atomic E-state index is 5.79. The summed E-state index contributed by atoms with van der Waals surface area (Å²) in [5.41, 5.74) is 9.14. The summed E-state index contributed by atoms with van der Waals surface area (Å²) in [5.74, 6) is 0.745. The van der Waals surface area contributed by atoms with Gasteiger partial charge in [0.2, 0.25) is 0 Å². The van der Waals surface area contributed by atoms with E-state index in [0.717, 1.165) is 23.7 Å². The zero-order valence-corrected chi connectivity index (χ0v) is 12.3. The monoisotopic (exact) mass is 272 g/mol. The minimum Gasteiger partial charge on any atom is -0.325 e. The quantitative estimate of drug-likeness (QED) is 0.927. The van der Waals surface area contributed by atoms with Crippen LogP contribution in [-0.2, 0) is 13.0 Å². The first-order valence-electron chi connectivity index (χ1n) is 7.68. The zero-order valence-electron chi connectivity index (χ0n) is 12.3. The van der Waals surface area contributed by atoms with Crippen molar-refractivity contribution in [2.45, 2.75) is 32.7 Å². The largest absolute Gasteiger partial charge is 0.325 e. The van der Waals surface area contributed by atoms with E-state index in [1.807, 2.05) is 6.07 Å². The molecule has 0 bridgehead atoms. The van der Waals surface area contributed by atoms with Gasteiger partial charge in [-0.15, -0.1) is 0 Å². The molecule has 2 N–H and O–H groups in total. The first-order chi connectivity index (χ1) is 9.80. The minimum atomic E-state index is 0.556. The number of hydrogen-bond donors (Lipinski definition) is 1. The molecule has 0 aromatic carbocycles. The third kappa shape index (κ3) is 2.72. The maximum Gasteiger partial charge on any atom is 0.137 e. The Kier molecular flexibility index (Phi) is 4.03. The fourth-order valence-corrected chi connectivity index (χ4v) is 3.28. The zero-order chi connectivity index (χ0) is 13.9. The minimum absolute atomic E-state index is 0.556. The molecule has 4 nitrogen and oxygen atoms in total. The summed E-state index contributed by atoms with van der Waals surface area (Å²) in [6.07, 6.45) is 5.90. The topological polar surface area (TPSA) is 46.6 Å². The lowest BCUT2D eigenvalue weighted by molar-refractivity contribution is 0.181. The van der Waals surface area contributed by atoms with Crippen LogP contribution in [0.2, 0.25) is 0 Å². The molecule has 2 aromatic rings. The van der Waals surface area contributed by atoms with Crippen LogP contribution < -0.4 is 5.73 Å². The molecule has 0 aliphatic carbocycles. The summed E-state index contributed by atoms with van der Waals surface area (Å²) in [4.78, 5) is 7.31. The van der Waals surface area contributed by atoms with Crippen LogP contribution in [0.3, 0.4) is 0 Å². The van der Waals surface area contributed by atoms with Gasteiger partial charge in [0.05, 0.1) is 5.69 Å². The van der Waals surface area contributed by atoms with Gasteiger partial charge in [0.25, 0.3) is 0 Å². The normalized spacial score (nSPS) is 20.6. The Morgan fingerprint density at radius 1 is 1.40 bits per heavy atom. The molecule has 1 saturated heterocycles. The van der Waals surface area contributed by atoms with Crippen LogP contribution in [0.4, 0.5) is 0 Å². The lowest BCUT2D eigenvalue weighted by atomic mass is 9.94. The summed E-state index contributed by atoms with van der Waals surface area (Å²) >= 11 is 0. The standard InChI is InChI=1S/C16H24N4/c1-2-19-8-4-5-13(11-19)9-14-12-20-15(10-17)6-3-7-16(20)18-14/h3,6-7,12-13H,2,4-5,8-11,17H2,1H3. The third-order valence-electron chi connectivity index (χ3n) is 4.38. The van der Waals surface area contributed by atoms with E-state index in [2.05, 4.69) is 34.6 Å². The molecule has 1 atom stereocenters. The van der Waals surface area contributed by atoms with Crippen molar-refractivity contribution in [1.82, 2.24) is 14.3 Å². The maximum absolute atomic E-state index is 5.79. The van der Waals surface area contributed by atoms with Crippen molar-refractivity contribution in [1.29, 1.82) is 0 Å². The van der Waals surface area contributed by atoms with Gasteiger partial charge >= 0.3 is 0 Å². The molecule has 0 radical (unpaired) electrons. The van der Waals surface area contributed by atoms with E-state index in [9.17, 15) is 0 Å². The SMILES string of the molecule is CCN1CCCC(Cc2cn3c(CN)cccc3n2)C1. The predicted molar refractivity (Wildman–Crippen MR) is 81.6 cm³/mol. The number of likely N-dealkylation sites (tertiary alicyclic amines) is 1. The molecule has 3 heterocycles. The number of rotatable bonds is 4. The van der Waals surface area contributed by atoms with E-state index >= 15 is 0 Å². The van der Waals surface area contributed by atoms with Crippen molar-refractivity contribution in [3.63, 3.8) is 0 Å². The number of aromatic nitrogens is 2. The summed E-state index contributed by atoms with van der Waals surface area (Å²) in [6.45, 7) is 6.45. The highest BCUT2D eigenvalue weighted by Gasteiger charge is 2.20. The molecule has 1 unspecified atom stereocenters. The van der Waals surface area contributed by atoms with Crippen LogP contribution in [-0.4, -0.2) is 33.9 Å². The van der Waals surface area contributed by atoms with Gasteiger partial charge in [-0.05, 0) is 50.4 Å². The van der Waals surface area contributed by atoms with E-state index in [1.165, 1.54) is 38.2 Å². The molecule has 2 aromatic heterocycles. The number of nitrogens with two attached hydrogens (primary N) is 1. The van der Waals surface area contributed by atoms with Crippen LogP contribution in [0.15, 0.2) is 24.4 Å². The molecule has 3 rings (SSSR count). The Morgan fingerprint density at radius 2 is 2.30 bits per heavy atom. The van der Waals surface area contributed by atoms with Gasteiger partial charge < -0.3 is 15.0 Å². The van der Waals surface area contributed by atoms with Gasteiger partial charge in [0.1, 0.15) is 5.65 Å². The van der Waals surface area contributed by atoms with Crippen LogP contribution >= 0.6 is 0 Å². The summed E-state index contributed by atoms with van der Waals surface area (Å²) < 4.78 is 2.13. The smallest absolute Gasteiger partial charge is 0.137 e. The fourth-order valence-electron chi connectivity index (χ4n) is 3.28. The third-order valence-corrected chi connectivity index (χ3v) is 4.38. The van der Waals surface area contributed by atoms with Crippen molar-refractivity contribution in [2.75, 3.05) is 19.6 Å². The molecule has 108 valence electrons. The van der Waals surface area contributed by atoms with Gasteiger partial charge in [-0.3, -0.25) is 0 Å². The molecule has 1 fully saturated rings. The summed E-state index contributed by atoms with van der Waals surface area (Å²) in [7, 11) is 0. The first-order valence-corrected chi connectivity index (χ1v) is 7.68.